The van der Waals surface area contributed by atoms with Crippen LogP contribution in [0, 0.1) is 13.8 Å². The first-order valence-corrected chi connectivity index (χ1v) is 8.86. The number of hydrogen-bond acceptors (Lipinski definition) is 5. The van der Waals surface area contributed by atoms with Crippen LogP contribution in [0.25, 0.3) is 0 Å². The van der Waals surface area contributed by atoms with Gasteiger partial charge in [-0.25, -0.2) is 0 Å². The number of benzene rings is 2. The first kappa shape index (κ1) is 19.0. The van der Waals surface area contributed by atoms with E-state index in [-0.39, 0.29) is 0 Å². The van der Waals surface area contributed by atoms with Gasteiger partial charge in [0, 0.05) is 0 Å². The van der Waals surface area contributed by atoms with Crippen molar-refractivity contribution in [2.24, 2.45) is 0 Å². The smallest absolute Gasteiger partial charge is 0.113 e. The van der Waals surface area contributed by atoms with Crippen LogP contribution in [0.2, 0.25) is 0 Å². The summed E-state index contributed by atoms with van der Waals surface area (Å²) in [7, 11) is 0. The van der Waals surface area contributed by atoms with E-state index in [0.717, 1.165) is 23.1 Å². The maximum Gasteiger partial charge on any atom is 0.113 e. The van der Waals surface area contributed by atoms with Gasteiger partial charge in [-0.05, 0) is 42.5 Å². The van der Waals surface area contributed by atoms with Crippen molar-refractivity contribution in [3.63, 3.8) is 0 Å². The predicted octanol–water partition coefficient (Wildman–Crippen LogP) is 1.41. The molecule has 0 spiro atoms. The summed E-state index contributed by atoms with van der Waals surface area (Å²) >= 11 is 0. The van der Waals surface area contributed by atoms with Crippen LogP contribution in [0.15, 0.2) is 42.5 Å². The molecule has 0 bridgehead atoms. The SMILES string of the molecule is Cc1ccc(Cc2cc([C@@H]3O[C@H](CO)[C@@H](O)[C@H](O)[C@H]3O)ccc2C)cc1. The van der Waals surface area contributed by atoms with Crippen molar-refractivity contribution < 1.29 is 25.2 Å². The number of rotatable bonds is 4. The first-order chi connectivity index (χ1) is 12.4. The van der Waals surface area contributed by atoms with Crippen LogP contribution in [0.3, 0.4) is 0 Å². The molecule has 0 aliphatic carbocycles. The molecule has 3 rings (SSSR count). The molecule has 1 saturated heterocycles. The zero-order valence-corrected chi connectivity index (χ0v) is 15.0. The summed E-state index contributed by atoms with van der Waals surface area (Å²) in [4.78, 5) is 0. The lowest BCUT2D eigenvalue weighted by atomic mass is 9.89. The van der Waals surface area contributed by atoms with Crippen LogP contribution in [0.5, 0.6) is 0 Å². The molecule has 0 aromatic heterocycles. The molecule has 0 saturated carbocycles. The van der Waals surface area contributed by atoms with Crippen LogP contribution in [0.4, 0.5) is 0 Å². The van der Waals surface area contributed by atoms with Gasteiger partial charge in [0.05, 0.1) is 6.61 Å². The molecule has 5 atom stereocenters. The maximum absolute atomic E-state index is 10.3. The van der Waals surface area contributed by atoms with E-state index in [2.05, 4.69) is 31.2 Å². The van der Waals surface area contributed by atoms with Gasteiger partial charge >= 0.3 is 0 Å². The highest BCUT2D eigenvalue weighted by Crippen LogP contribution is 2.33. The lowest BCUT2D eigenvalue weighted by molar-refractivity contribution is -0.231. The third-order valence-electron chi connectivity index (χ3n) is 5.11. The zero-order valence-electron chi connectivity index (χ0n) is 15.0. The van der Waals surface area contributed by atoms with Gasteiger partial charge in [0.25, 0.3) is 0 Å². The van der Waals surface area contributed by atoms with Crippen LogP contribution in [-0.4, -0.2) is 51.4 Å². The molecule has 4 N–H and O–H groups in total. The normalized spacial score (nSPS) is 28.9. The molecule has 140 valence electrons. The van der Waals surface area contributed by atoms with Crippen LogP contribution < -0.4 is 0 Å². The highest BCUT2D eigenvalue weighted by atomic mass is 16.5. The Balaban J connectivity index is 1.87. The van der Waals surface area contributed by atoms with E-state index in [9.17, 15) is 20.4 Å². The summed E-state index contributed by atoms with van der Waals surface area (Å²) in [5, 5.41) is 39.7. The Morgan fingerprint density at radius 1 is 0.885 bits per heavy atom. The van der Waals surface area contributed by atoms with Crippen LogP contribution >= 0.6 is 0 Å². The minimum Gasteiger partial charge on any atom is -0.394 e. The molecule has 1 aliphatic rings. The van der Waals surface area contributed by atoms with Gasteiger partial charge < -0.3 is 25.2 Å². The maximum atomic E-state index is 10.3. The number of aliphatic hydroxyl groups is 4. The Labute approximate surface area is 153 Å². The van der Waals surface area contributed by atoms with Crippen molar-refractivity contribution in [1.82, 2.24) is 0 Å². The number of hydrogen-bond donors (Lipinski definition) is 4. The zero-order chi connectivity index (χ0) is 18.8. The van der Waals surface area contributed by atoms with Gasteiger partial charge in [0.1, 0.15) is 30.5 Å². The minimum absolute atomic E-state index is 0.427. The van der Waals surface area contributed by atoms with E-state index in [1.165, 1.54) is 11.1 Å². The van der Waals surface area contributed by atoms with Gasteiger partial charge in [-0.1, -0.05) is 48.0 Å². The van der Waals surface area contributed by atoms with Gasteiger partial charge in [-0.3, -0.25) is 0 Å². The second-order valence-electron chi connectivity index (χ2n) is 7.10. The fourth-order valence-corrected chi connectivity index (χ4v) is 3.36. The molecule has 1 fully saturated rings. The van der Waals surface area contributed by atoms with Crippen molar-refractivity contribution in [1.29, 1.82) is 0 Å². The second kappa shape index (κ2) is 7.86. The molecular weight excluding hydrogens is 332 g/mol. The van der Waals surface area contributed by atoms with Gasteiger partial charge in [-0.2, -0.15) is 0 Å². The molecule has 2 aromatic carbocycles. The second-order valence-corrected chi connectivity index (χ2v) is 7.10. The molecule has 0 unspecified atom stereocenters. The van der Waals surface area contributed by atoms with E-state index in [1.54, 1.807) is 0 Å². The number of ether oxygens (including phenoxy) is 1. The topological polar surface area (TPSA) is 90.2 Å². The summed E-state index contributed by atoms with van der Waals surface area (Å²) < 4.78 is 5.67. The van der Waals surface area contributed by atoms with E-state index in [0.29, 0.717) is 0 Å². The Morgan fingerprint density at radius 2 is 1.58 bits per heavy atom. The molecule has 1 heterocycles. The van der Waals surface area contributed by atoms with Crippen molar-refractivity contribution in [3.05, 3.63) is 70.3 Å². The fraction of sp³-hybridized carbons (Fsp3) is 0.429. The van der Waals surface area contributed by atoms with Crippen molar-refractivity contribution in [2.75, 3.05) is 6.61 Å². The Bertz CT molecular complexity index is 741. The molecular formula is C21H26O5. The fourth-order valence-electron chi connectivity index (χ4n) is 3.36. The van der Waals surface area contributed by atoms with E-state index >= 15 is 0 Å². The summed E-state index contributed by atoms with van der Waals surface area (Å²) in [5.74, 6) is 0. The van der Waals surface area contributed by atoms with Crippen molar-refractivity contribution in [3.8, 4) is 0 Å². The Morgan fingerprint density at radius 3 is 2.23 bits per heavy atom. The van der Waals surface area contributed by atoms with E-state index in [4.69, 9.17) is 4.74 Å². The molecule has 0 radical (unpaired) electrons. The minimum atomic E-state index is -1.37. The monoisotopic (exact) mass is 358 g/mol. The predicted molar refractivity (Wildman–Crippen MR) is 97.9 cm³/mol. The standard InChI is InChI=1S/C21H26O5/c1-12-3-6-14(7-4-12)9-16-10-15(8-5-13(16)2)21-20(25)19(24)18(23)17(11-22)26-21/h3-8,10,17-25H,9,11H2,1-2H3/t17-,18-,19+,20-,21+/m1/s1. The third-order valence-corrected chi connectivity index (χ3v) is 5.11. The highest BCUT2D eigenvalue weighted by molar-refractivity contribution is 5.37. The van der Waals surface area contributed by atoms with Gasteiger partial charge in [0.2, 0.25) is 0 Å². The molecule has 1 aliphatic heterocycles. The first-order valence-electron chi connectivity index (χ1n) is 8.86. The molecule has 0 amide bonds. The van der Waals surface area contributed by atoms with Gasteiger partial charge in [-0.15, -0.1) is 0 Å². The molecule has 26 heavy (non-hydrogen) atoms. The van der Waals surface area contributed by atoms with Crippen molar-refractivity contribution in [2.45, 2.75) is 50.8 Å². The van der Waals surface area contributed by atoms with Crippen molar-refractivity contribution >= 4 is 0 Å². The Hall–Kier alpha value is -1.76. The molecule has 5 nitrogen and oxygen atoms in total. The van der Waals surface area contributed by atoms with Crippen LogP contribution in [0.1, 0.15) is 33.9 Å². The summed E-state index contributed by atoms with van der Waals surface area (Å²) in [5.41, 5.74) is 5.34. The van der Waals surface area contributed by atoms with Gasteiger partial charge in [0.15, 0.2) is 0 Å². The lowest BCUT2D eigenvalue weighted by Crippen LogP contribution is -2.55. The molecule has 2 aromatic rings. The van der Waals surface area contributed by atoms with E-state index < -0.39 is 37.1 Å². The van der Waals surface area contributed by atoms with E-state index in [1.807, 2.05) is 25.1 Å². The third kappa shape index (κ3) is 3.82. The van der Waals surface area contributed by atoms with Crippen LogP contribution in [-0.2, 0) is 11.2 Å². The highest BCUT2D eigenvalue weighted by Gasteiger charge is 2.43. The largest absolute Gasteiger partial charge is 0.394 e. The quantitative estimate of drug-likeness (QED) is 0.664. The average Bonchev–Trinajstić information content (AvgIpc) is 2.64. The average molecular weight is 358 g/mol. The summed E-state index contributed by atoms with van der Waals surface area (Å²) in [6.45, 7) is 3.65. The summed E-state index contributed by atoms with van der Waals surface area (Å²) in [6, 6.07) is 14.1. The lowest BCUT2D eigenvalue weighted by Gasteiger charge is -2.40. The summed E-state index contributed by atoms with van der Waals surface area (Å²) in [6.07, 6.45) is -4.93. The number of aryl methyl sites for hydroxylation is 2. The number of aliphatic hydroxyl groups excluding tert-OH is 4. The molecule has 5 heteroatoms. The Kier molecular flexibility index (Phi) is 5.75.